The van der Waals surface area contributed by atoms with Crippen molar-refractivity contribution in [3.8, 4) is 0 Å². The number of carbonyl (C=O) groups is 2. The summed E-state index contributed by atoms with van der Waals surface area (Å²) >= 11 is 0. The van der Waals surface area contributed by atoms with Gasteiger partial charge in [0.05, 0.1) is 12.3 Å². The minimum absolute atomic E-state index is 0.0596. The van der Waals surface area contributed by atoms with Crippen LogP contribution in [0.2, 0.25) is 0 Å². The number of benzene rings is 2. The zero-order valence-electron chi connectivity index (χ0n) is 19.2. The predicted molar refractivity (Wildman–Crippen MR) is 127 cm³/mol. The van der Waals surface area contributed by atoms with Gasteiger partial charge in [0.15, 0.2) is 0 Å². The van der Waals surface area contributed by atoms with Gasteiger partial charge >= 0.3 is 0 Å². The molecule has 166 valence electrons. The molecule has 3 aromatic rings. The van der Waals surface area contributed by atoms with E-state index < -0.39 is 5.91 Å². The Balaban J connectivity index is 1.79. The molecule has 5 heteroatoms. The lowest BCUT2D eigenvalue weighted by molar-refractivity contribution is -0.118. The molecule has 3 rings (SSSR count). The van der Waals surface area contributed by atoms with E-state index in [9.17, 15) is 9.59 Å². The van der Waals surface area contributed by atoms with E-state index in [4.69, 9.17) is 4.42 Å². The van der Waals surface area contributed by atoms with Crippen LogP contribution in [-0.2, 0) is 10.2 Å². The summed E-state index contributed by atoms with van der Waals surface area (Å²) in [4.78, 5) is 25.8. The van der Waals surface area contributed by atoms with Crippen molar-refractivity contribution in [2.75, 3.05) is 0 Å². The van der Waals surface area contributed by atoms with E-state index in [1.165, 1.54) is 17.9 Å². The van der Waals surface area contributed by atoms with Gasteiger partial charge in [0.1, 0.15) is 11.5 Å². The van der Waals surface area contributed by atoms with E-state index in [-0.39, 0.29) is 23.1 Å². The van der Waals surface area contributed by atoms with Gasteiger partial charge < -0.3 is 15.1 Å². The molecule has 2 amide bonds. The second-order valence-corrected chi connectivity index (χ2v) is 8.96. The summed E-state index contributed by atoms with van der Waals surface area (Å²) in [5, 5.41) is 5.71. The quantitative estimate of drug-likeness (QED) is 0.505. The van der Waals surface area contributed by atoms with Crippen LogP contribution in [0.1, 0.15) is 66.5 Å². The first-order chi connectivity index (χ1) is 15.1. The van der Waals surface area contributed by atoms with Gasteiger partial charge in [-0.25, -0.2) is 0 Å². The zero-order valence-corrected chi connectivity index (χ0v) is 19.2. The molecule has 0 saturated heterocycles. The number of furan rings is 1. The summed E-state index contributed by atoms with van der Waals surface area (Å²) in [6.45, 7) is 10.3. The Labute approximate surface area is 189 Å². The van der Waals surface area contributed by atoms with E-state index in [1.807, 2.05) is 38.1 Å². The molecule has 0 radical (unpaired) electrons. The van der Waals surface area contributed by atoms with Crippen molar-refractivity contribution in [3.05, 3.63) is 101 Å². The Morgan fingerprint density at radius 2 is 1.72 bits per heavy atom. The smallest absolute Gasteiger partial charge is 0.268 e. The molecule has 2 N–H and O–H groups in total. The third-order valence-corrected chi connectivity index (χ3v) is 5.23. The summed E-state index contributed by atoms with van der Waals surface area (Å²) < 4.78 is 5.35. The number of nitrogens with one attached hydrogen (secondary N) is 2. The molecule has 0 spiro atoms. The summed E-state index contributed by atoms with van der Waals surface area (Å²) in [5.41, 5.74) is 3.83. The van der Waals surface area contributed by atoms with Crippen LogP contribution in [0.4, 0.5) is 0 Å². The minimum Gasteiger partial charge on any atom is -0.465 e. The predicted octanol–water partition coefficient (Wildman–Crippen LogP) is 5.53. The van der Waals surface area contributed by atoms with Crippen molar-refractivity contribution >= 4 is 17.9 Å². The Hall–Kier alpha value is -3.60. The maximum absolute atomic E-state index is 13.1. The van der Waals surface area contributed by atoms with Gasteiger partial charge in [-0.15, -0.1) is 0 Å². The molecule has 0 aliphatic heterocycles. The number of hydrogen-bond donors (Lipinski definition) is 2. The van der Waals surface area contributed by atoms with Gasteiger partial charge in [-0.3, -0.25) is 9.59 Å². The van der Waals surface area contributed by atoms with Gasteiger partial charge in [0.25, 0.3) is 11.8 Å². The zero-order chi connectivity index (χ0) is 23.3. The second-order valence-electron chi connectivity index (χ2n) is 8.96. The Kier molecular flexibility index (Phi) is 6.98. The van der Waals surface area contributed by atoms with Crippen LogP contribution < -0.4 is 10.6 Å². The maximum atomic E-state index is 13.1. The van der Waals surface area contributed by atoms with Crippen LogP contribution in [0.25, 0.3) is 6.08 Å². The molecule has 0 fully saturated rings. The third-order valence-electron chi connectivity index (χ3n) is 5.23. The number of aryl methyl sites for hydroxylation is 1. The van der Waals surface area contributed by atoms with Crippen molar-refractivity contribution in [1.82, 2.24) is 10.6 Å². The second kappa shape index (κ2) is 9.69. The molecular weight excluding hydrogens is 400 g/mol. The van der Waals surface area contributed by atoms with Crippen LogP contribution >= 0.6 is 0 Å². The van der Waals surface area contributed by atoms with Gasteiger partial charge in [-0.05, 0) is 54.7 Å². The lowest BCUT2D eigenvalue weighted by Crippen LogP contribution is -2.36. The molecule has 0 unspecified atom stereocenters. The van der Waals surface area contributed by atoms with Gasteiger partial charge in [-0.2, -0.15) is 0 Å². The van der Waals surface area contributed by atoms with Gasteiger partial charge in [0, 0.05) is 11.6 Å². The summed E-state index contributed by atoms with van der Waals surface area (Å²) in [6, 6.07) is 18.6. The molecule has 2 aromatic carbocycles. The molecule has 0 bridgehead atoms. The molecular formula is C27H30N2O3. The number of rotatable bonds is 6. The first kappa shape index (κ1) is 23.1. The van der Waals surface area contributed by atoms with Crippen molar-refractivity contribution < 1.29 is 14.0 Å². The van der Waals surface area contributed by atoms with Crippen LogP contribution in [0, 0.1) is 6.92 Å². The molecule has 5 nitrogen and oxygen atoms in total. The van der Waals surface area contributed by atoms with E-state index in [1.54, 1.807) is 24.3 Å². The van der Waals surface area contributed by atoms with E-state index in [0.717, 1.165) is 11.1 Å². The molecule has 0 saturated carbocycles. The van der Waals surface area contributed by atoms with E-state index in [2.05, 4.69) is 43.5 Å². The molecule has 1 heterocycles. The topological polar surface area (TPSA) is 71.3 Å². The molecule has 0 aliphatic carbocycles. The molecule has 1 atom stereocenters. The standard InChI is InChI=1S/C27H30N2O3/c1-18-8-6-9-21(16-18)25(30)29-24(17-23-10-7-15-32-23)26(31)28-19(2)20-11-13-22(14-12-20)27(3,4)5/h6-17,19H,1-5H3,(H,28,31)(H,29,30)/b24-17-/t19-/m0/s1. The molecule has 32 heavy (non-hydrogen) atoms. The maximum Gasteiger partial charge on any atom is 0.268 e. The van der Waals surface area contributed by atoms with Gasteiger partial charge in [-0.1, -0.05) is 62.7 Å². The average molecular weight is 431 g/mol. The first-order valence-electron chi connectivity index (χ1n) is 10.7. The van der Waals surface area contributed by atoms with Crippen molar-refractivity contribution in [1.29, 1.82) is 0 Å². The number of amides is 2. The minimum atomic E-state index is -0.394. The highest BCUT2D eigenvalue weighted by Crippen LogP contribution is 2.24. The normalized spacial score (nSPS) is 12.8. The lowest BCUT2D eigenvalue weighted by Gasteiger charge is -2.21. The molecule has 0 aliphatic rings. The highest BCUT2D eigenvalue weighted by molar-refractivity contribution is 6.05. The third kappa shape index (κ3) is 5.97. The van der Waals surface area contributed by atoms with Crippen LogP contribution in [0.5, 0.6) is 0 Å². The highest BCUT2D eigenvalue weighted by Gasteiger charge is 2.19. The number of carbonyl (C=O) groups excluding carboxylic acids is 2. The fraction of sp³-hybridized carbons (Fsp3) is 0.259. The Morgan fingerprint density at radius 1 is 1.00 bits per heavy atom. The SMILES string of the molecule is Cc1cccc(C(=O)N/C(=C\c2ccco2)C(=O)N[C@@H](C)c2ccc(C(C)(C)C)cc2)c1. The fourth-order valence-corrected chi connectivity index (χ4v) is 3.28. The molecule has 1 aromatic heterocycles. The van der Waals surface area contributed by atoms with Crippen molar-refractivity contribution in [2.24, 2.45) is 0 Å². The van der Waals surface area contributed by atoms with E-state index in [0.29, 0.717) is 11.3 Å². The largest absolute Gasteiger partial charge is 0.465 e. The lowest BCUT2D eigenvalue weighted by atomic mass is 9.86. The highest BCUT2D eigenvalue weighted by atomic mass is 16.3. The summed E-state index contributed by atoms with van der Waals surface area (Å²) in [5.74, 6) is -0.277. The van der Waals surface area contributed by atoms with E-state index >= 15 is 0 Å². The van der Waals surface area contributed by atoms with Gasteiger partial charge in [0.2, 0.25) is 0 Å². The fourth-order valence-electron chi connectivity index (χ4n) is 3.28. The van der Waals surface area contributed by atoms with Crippen LogP contribution in [0.15, 0.2) is 77.0 Å². The summed E-state index contributed by atoms with van der Waals surface area (Å²) in [6.07, 6.45) is 3.04. The van der Waals surface area contributed by atoms with Crippen molar-refractivity contribution in [2.45, 2.75) is 46.1 Å². The van der Waals surface area contributed by atoms with Crippen molar-refractivity contribution in [3.63, 3.8) is 0 Å². The Morgan fingerprint density at radius 3 is 2.31 bits per heavy atom. The summed E-state index contributed by atoms with van der Waals surface area (Å²) in [7, 11) is 0. The monoisotopic (exact) mass is 430 g/mol. The number of hydrogen-bond acceptors (Lipinski definition) is 3. The van der Waals surface area contributed by atoms with Crippen LogP contribution in [-0.4, -0.2) is 11.8 Å². The van der Waals surface area contributed by atoms with Crippen LogP contribution in [0.3, 0.4) is 0 Å². The Bertz CT molecular complexity index is 1100. The first-order valence-corrected chi connectivity index (χ1v) is 10.7. The average Bonchev–Trinajstić information content (AvgIpc) is 3.25.